The summed E-state index contributed by atoms with van der Waals surface area (Å²) in [6.07, 6.45) is 6.66. The molecule has 2 aromatic heterocycles. The first-order valence-corrected chi connectivity index (χ1v) is 6.14. The van der Waals surface area contributed by atoms with E-state index in [9.17, 15) is 0 Å². The van der Waals surface area contributed by atoms with Crippen molar-refractivity contribution >= 4 is 11.3 Å². The maximum Gasteiger partial charge on any atom is 0.152 e. The summed E-state index contributed by atoms with van der Waals surface area (Å²) < 4.78 is 2.16. The van der Waals surface area contributed by atoms with Crippen molar-refractivity contribution < 1.29 is 0 Å². The molecule has 17 heavy (non-hydrogen) atoms. The van der Waals surface area contributed by atoms with E-state index in [1.807, 2.05) is 14.1 Å². The maximum absolute atomic E-state index is 4.80. The van der Waals surface area contributed by atoms with Gasteiger partial charge in [0.1, 0.15) is 0 Å². The number of anilines is 1. The molecule has 3 rings (SSSR count). The van der Waals surface area contributed by atoms with Crippen LogP contribution in [0.2, 0.25) is 0 Å². The molecule has 2 aromatic rings. The molecule has 0 aromatic carbocycles. The number of hydrogen-bond acceptors (Lipinski definition) is 3. The van der Waals surface area contributed by atoms with Crippen LogP contribution in [0.3, 0.4) is 0 Å². The van der Waals surface area contributed by atoms with Crippen LogP contribution in [0.15, 0.2) is 24.5 Å². The van der Waals surface area contributed by atoms with E-state index in [0.717, 1.165) is 23.6 Å². The molecule has 1 aliphatic rings. The molecule has 1 saturated heterocycles. The lowest BCUT2D eigenvalue weighted by molar-refractivity contribution is 0.623. The molecule has 1 fully saturated rings. The topological polar surface area (TPSA) is 32.6 Å². The molecule has 0 unspecified atom stereocenters. The smallest absolute Gasteiger partial charge is 0.152 e. The standard InChI is InChI=1S/C13H18N4/c1-16(2)13-12-6-4-8-17(12)9-11(15-13)10-5-3-7-14-10/h4,6,8-10,14H,3,5,7H2,1-2H3/t10-/m0/s1. The summed E-state index contributed by atoms with van der Waals surface area (Å²) in [7, 11) is 4.09. The quantitative estimate of drug-likeness (QED) is 0.854. The van der Waals surface area contributed by atoms with Crippen molar-refractivity contribution in [1.82, 2.24) is 14.7 Å². The van der Waals surface area contributed by atoms with Crippen molar-refractivity contribution in [2.45, 2.75) is 18.9 Å². The van der Waals surface area contributed by atoms with Crippen molar-refractivity contribution in [2.75, 3.05) is 25.5 Å². The molecule has 4 heteroatoms. The van der Waals surface area contributed by atoms with E-state index < -0.39 is 0 Å². The van der Waals surface area contributed by atoms with Crippen molar-refractivity contribution in [2.24, 2.45) is 0 Å². The molecular weight excluding hydrogens is 212 g/mol. The van der Waals surface area contributed by atoms with Crippen LogP contribution in [0.4, 0.5) is 5.82 Å². The average molecular weight is 230 g/mol. The van der Waals surface area contributed by atoms with E-state index in [2.05, 4.69) is 39.1 Å². The van der Waals surface area contributed by atoms with Gasteiger partial charge in [-0.25, -0.2) is 4.98 Å². The van der Waals surface area contributed by atoms with E-state index >= 15 is 0 Å². The van der Waals surface area contributed by atoms with Crippen LogP contribution >= 0.6 is 0 Å². The summed E-state index contributed by atoms with van der Waals surface area (Å²) in [5.41, 5.74) is 2.31. The highest BCUT2D eigenvalue weighted by molar-refractivity contribution is 5.69. The molecular formula is C13H18N4. The lowest BCUT2D eigenvalue weighted by atomic mass is 10.2. The van der Waals surface area contributed by atoms with Gasteiger partial charge in [0.05, 0.1) is 17.3 Å². The molecule has 0 amide bonds. The third-order valence-corrected chi connectivity index (χ3v) is 3.36. The van der Waals surface area contributed by atoms with Crippen molar-refractivity contribution in [3.8, 4) is 0 Å². The third kappa shape index (κ3) is 1.78. The summed E-state index contributed by atoms with van der Waals surface area (Å²) in [5.74, 6) is 1.04. The number of aromatic nitrogens is 2. The van der Waals surface area contributed by atoms with E-state index in [1.54, 1.807) is 0 Å². The van der Waals surface area contributed by atoms with Crippen LogP contribution in [-0.4, -0.2) is 30.0 Å². The Kier molecular flexibility index (Phi) is 2.52. The van der Waals surface area contributed by atoms with Gasteiger partial charge >= 0.3 is 0 Å². The zero-order chi connectivity index (χ0) is 11.8. The maximum atomic E-state index is 4.80. The van der Waals surface area contributed by atoms with Gasteiger partial charge < -0.3 is 14.6 Å². The summed E-state index contributed by atoms with van der Waals surface area (Å²) >= 11 is 0. The Hall–Kier alpha value is -1.55. The lowest BCUT2D eigenvalue weighted by Crippen LogP contribution is -2.18. The van der Waals surface area contributed by atoms with Gasteiger partial charge in [0, 0.05) is 26.5 Å². The predicted molar refractivity (Wildman–Crippen MR) is 69.5 cm³/mol. The molecule has 90 valence electrons. The number of nitrogens with zero attached hydrogens (tertiary/aromatic N) is 3. The first-order valence-electron chi connectivity index (χ1n) is 6.14. The first-order chi connectivity index (χ1) is 8.25. The molecule has 1 N–H and O–H groups in total. The fourth-order valence-electron chi connectivity index (χ4n) is 2.48. The molecule has 1 aliphatic heterocycles. The highest BCUT2D eigenvalue weighted by Gasteiger charge is 2.19. The summed E-state index contributed by atoms with van der Waals surface area (Å²) in [6.45, 7) is 1.10. The number of nitrogens with one attached hydrogen (secondary N) is 1. The Bertz CT molecular complexity index is 523. The van der Waals surface area contributed by atoms with E-state index in [1.165, 1.54) is 12.8 Å². The Morgan fingerprint density at radius 3 is 3.06 bits per heavy atom. The normalized spacial score (nSPS) is 20.0. The molecule has 1 atom stereocenters. The molecule has 0 aliphatic carbocycles. The Morgan fingerprint density at radius 2 is 2.35 bits per heavy atom. The van der Waals surface area contributed by atoms with E-state index in [-0.39, 0.29) is 0 Å². The Balaban J connectivity index is 2.12. The van der Waals surface area contributed by atoms with Crippen molar-refractivity contribution in [3.05, 3.63) is 30.2 Å². The minimum absolute atomic E-state index is 0.417. The second-order valence-electron chi connectivity index (χ2n) is 4.83. The van der Waals surface area contributed by atoms with E-state index in [0.29, 0.717) is 6.04 Å². The highest BCUT2D eigenvalue weighted by atomic mass is 15.2. The van der Waals surface area contributed by atoms with Crippen LogP contribution in [-0.2, 0) is 0 Å². The Morgan fingerprint density at radius 1 is 1.47 bits per heavy atom. The fourth-order valence-corrected chi connectivity index (χ4v) is 2.48. The van der Waals surface area contributed by atoms with Crippen LogP contribution in [0.5, 0.6) is 0 Å². The molecule has 0 radical (unpaired) electrons. The number of fused-ring (bicyclic) bond motifs is 1. The molecule has 4 nitrogen and oxygen atoms in total. The number of rotatable bonds is 2. The van der Waals surface area contributed by atoms with Gasteiger partial charge in [0.2, 0.25) is 0 Å². The molecule has 0 spiro atoms. The second kappa shape index (κ2) is 4.04. The fraction of sp³-hybridized carbons (Fsp3) is 0.462. The van der Waals surface area contributed by atoms with Crippen LogP contribution in [0.1, 0.15) is 24.6 Å². The minimum atomic E-state index is 0.417. The van der Waals surface area contributed by atoms with Gasteiger partial charge in [-0.2, -0.15) is 0 Å². The SMILES string of the molecule is CN(C)c1nc([C@@H]2CCCN2)cn2cccc12. The van der Waals surface area contributed by atoms with Gasteiger partial charge in [-0.15, -0.1) is 0 Å². The minimum Gasteiger partial charge on any atom is -0.361 e. The molecule has 0 bridgehead atoms. The van der Waals surface area contributed by atoms with Crippen molar-refractivity contribution in [1.29, 1.82) is 0 Å². The highest BCUT2D eigenvalue weighted by Crippen LogP contribution is 2.25. The predicted octanol–water partition coefficient (Wildman–Crippen LogP) is 1.82. The largest absolute Gasteiger partial charge is 0.361 e. The lowest BCUT2D eigenvalue weighted by Gasteiger charge is -2.17. The van der Waals surface area contributed by atoms with Crippen molar-refractivity contribution in [3.63, 3.8) is 0 Å². The van der Waals surface area contributed by atoms with E-state index in [4.69, 9.17) is 4.98 Å². The summed E-state index contributed by atoms with van der Waals surface area (Å²) in [6, 6.07) is 4.59. The van der Waals surface area contributed by atoms with Gasteiger partial charge in [0.15, 0.2) is 5.82 Å². The first kappa shape index (κ1) is 10.6. The monoisotopic (exact) mass is 230 g/mol. The molecule has 0 saturated carbocycles. The van der Waals surface area contributed by atoms with Gasteiger partial charge in [-0.3, -0.25) is 0 Å². The number of hydrogen-bond donors (Lipinski definition) is 1. The molecule has 3 heterocycles. The van der Waals surface area contributed by atoms with Crippen LogP contribution in [0.25, 0.3) is 5.52 Å². The van der Waals surface area contributed by atoms with Gasteiger partial charge in [0.25, 0.3) is 0 Å². The summed E-state index contributed by atoms with van der Waals surface area (Å²) in [5, 5.41) is 3.50. The zero-order valence-electron chi connectivity index (χ0n) is 10.3. The van der Waals surface area contributed by atoms with Crippen LogP contribution < -0.4 is 10.2 Å². The summed E-state index contributed by atoms with van der Waals surface area (Å²) in [4.78, 5) is 6.87. The average Bonchev–Trinajstić information content (AvgIpc) is 2.98. The third-order valence-electron chi connectivity index (χ3n) is 3.36. The van der Waals surface area contributed by atoms with Gasteiger partial charge in [-0.1, -0.05) is 0 Å². The van der Waals surface area contributed by atoms with Crippen LogP contribution in [0, 0.1) is 0 Å². The van der Waals surface area contributed by atoms with Gasteiger partial charge in [-0.05, 0) is 31.5 Å². The Labute approximate surface area is 101 Å². The zero-order valence-corrected chi connectivity index (χ0v) is 10.3. The second-order valence-corrected chi connectivity index (χ2v) is 4.83.